The molecule has 2 aliphatic rings. The maximum atomic E-state index is 9.48. The molecular formula is C53H54BCl2N19O4. The Morgan fingerprint density at radius 1 is 0.468 bits per heavy atom. The molecule has 13 rings (SSSR count). The zero-order chi connectivity index (χ0) is 55.3. The summed E-state index contributed by atoms with van der Waals surface area (Å²) in [7, 11) is -1.34. The first-order valence-electron chi connectivity index (χ1n) is 24.7. The first-order chi connectivity index (χ1) is 38.4. The van der Waals surface area contributed by atoms with E-state index in [4.69, 9.17) is 60.5 Å². The van der Waals surface area contributed by atoms with Crippen LogP contribution in [0, 0.1) is 0 Å². The number of aromatic amines is 1. The number of anilines is 6. The molecule has 12 N–H and O–H groups in total. The van der Waals surface area contributed by atoms with E-state index in [1.165, 1.54) is 12.0 Å². The summed E-state index contributed by atoms with van der Waals surface area (Å²) in [6, 6.07) is 43.0. The predicted molar refractivity (Wildman–Crippen MR) is 310 cm³/mol. The number of nitrogens with two attached hydrogens (primary N) is 3. The number of hydrogen-bond donors (Lipinski definition) is 9. The lowest BCUT2D eigenvalue weighted by Gasteiger charge is -2.36. The highest BCUT2D eigenvalue weighted by Gasteiger charge is 2.22. The third-order valence-corrected chi connectivity index (χ3v) is 12.7. The van der Waals surface area contributed by atoms with Gasteiger partial charge in [0, 0.05) is 75.1 Å². The van der Waals surface area contributed by atoms with Gasteiger partial charge < -0.3 is 62.5 Å². The maximum Gasteiger partial charge on any atom is 0.488 e. The fraction of sp³-hybridized carbons (Fsp3) is 0.151. The van der Waals surface area contributed by atoms with E-state index >= 15 is 0 Å². The molecule has 79 heavy (non-hydrogen) atoms. The van der Waals surface area contributed by atoms with Crippen LogP contribution >= 0.6 is 23.2 Å². The van der Waals surface area contributed by atoms with Gasteiger partial charge in [-0.15, -0.1) is 0 Å². The summed E-state index contributed by atoms with van der Waals surface area (Å²) in [6.07, 6.45) is 4.88. The van der Waals surface area contributed by atoms with Crippen molar-refractivity contribution < 1.29 is 20.3 Å². The molecule has 5 aromatic carbocycles. The van der Waals surface area contributed by atoms with Gasteiger partial charge in [-0.1, -0.05) is 66.7 Å². The van der Waals surface area contributed by atoms with E-state index in [1.54, 1.807) is 61.2 Å². The van der Waals surface area contributed by atoms with Gasteiger partial charge in [-0.2, -0.15) is 29.9 Å². The Morgan fingerprint density at radius 3 is 1.44 bits per heavy atom. The van der Waals surface area contributed by atoms with Crippen molar-refractivity contribution in [2.75, 3.05) is 84.3 Å². The fourth-order valence-electron chi connectivity index (χ4n) is 8.37. The Morgan fingerprint density at radius 2 is 0.924 bits per heavy atom. The van der Waals surface area contributed by atoms with Crippen LogP contribution in [-0.4, -0.2) is 139 Å². The van der Waals surface area contributed by atoms with Gasteiger partial charge in [-0.3, -0.25) is 9.13 Å². The highest BCUT2D eigenvalue weighted by atomic mass is 35.5. The van der Waals surface area contributed by atoms with Crippen molar-refractivity contribution >= 4 is 104 Å². The summed E-state index contributed by atoms with van der Waals surface area (Å²) in [5, 5.41) is 39.3. The summed E-state index contributed by atoms with van der Waals surface area (Å²) in [4.78, 5) is 46.9. The summed E-state index contributed by atoms with van der Waals surface area (Å²) < 4.78 is 3.75. The summed E-state index contributed by atoms with van der Waals surface area (Å²) in [6.45, 7) is 7.42. The molecule has 0 amide bonds. The molecule has 0 saturated carbocycles. The molecule has 0 aliphatic carbocycles. The van der Waals surface area contributed by atoms with Gasteiger partial charge in [-0.25, -0.2) is 15.0 Å². The van der Waals surface area contributed by atoms with E-state index in [1.807, 2.05) is 100 Å². The van der Waals surface area contributed by atoms with E-state index in [2.05, 4.69) is 64.9 Å². The summed E-state index contributed by atoms with van der Waals surface area (Å²) >= 11 is 11.3. The number of aromatic hydroxyl groups is 2. The lowest BCUT2D eigenvalue weighted by Crippen LogP contribution is -2.47. The Kier molecular flexibility index (Phi) is 17.7. The molecule has 11 aromatic rings. The van der Waals surface area contributed by atoms with Crippen LogP contribution in [0.1, 0.15) is 0 Å². The average molecular weight is 1100 g/mol. The van der Waals surface area contributed by atoms with Crippen LogP contribution in [0.2, 0.25) is 10.6 Å². The van der Waals surface area contributed by atoms with Crippen LogP contribution in [-0.2, 0) is 0 Å². The first-order valence-corrected chi connectivity index (χ1v) is 25.5. The minimum Gasteiger partial charge on any atom is -0.508 e. The van der Waals surface area contributed by atoms with Crippen LogP contribution in [0.3, 0.4) is 0 Å². The summed E-state index contributed by atoms with van der Waals surface area (Å²) in [5.41, 5.74) is 25.8. The second-order valence-corrected chi connectivity index (χ2v) is 18.2. The number of rotatable bonds is 6. The predicted octanol–water partition coefficient (Wildman–Crippen LogP) is 5.24. The number of para-hydroxylation sites is 2. The van der Waals surface area contributed by atoms with Crippen molar-refractivity contribution in [3.05, 3.63) is 169 Å². The van der Waals surface area contributed by atoms with Crippen molar-refractivity contribution in [1.82, 2.24) is 64.3 Å². The van der Waals surface area contributed by atoms with E-state index in [0.29, 0.717) is 62.3 Å². The van der Waals surface area contributed by atoms with Crippen LogP contribution < -0.4 is 42.7 Å². The number of H-pyrrole nitrogens is 1. The molecule has 8 heterocycles. The van der Waals surface area contributed by atoms with Crippen LogP contribution in [0.15, 0.2) is 159 Å². The van der Waals surface area contributed by atoms with Gasteiger partial charge in [0.25, 0.3) is 0 Å². The maximum absolute atomic E-state index is 9.48. The van der Waals surface area contributed by atoms with E-state index in [-0.39, 0.29) is 22.1 Å². The third kappa shape index (κ3) is 13.8. The third-order valence-electron chi connectivity index (χ3n) is 12.4. The highest BCUT2D eigenvalue weighted by molar-refractivity contribution is 6.58. The number of nitrogens with one attached hydrogen (secondary N) is 2. The minimum absolute atomic E-state index is 0.113. The number of hydrogen-bond acceptors (Lipinski definition) is 20. The SMILES string of the molecule is Nc1nc(Cl)nc2c1ncn2-c1ccccc1.Nc1nc(Cl)nc2nc[nH]c12.Nc1nc(N2CCN(c3ccc(O)cc3)CC2)nc2c1ncn2-c1ccccc1.OB(O)c1ccccc1.Oc1ccc(N2CCNCC2)cc1. The zero-order valence-corrected chi connectivity index (χ0v) is 43.8. The molecule has 2 aliphatic heterocycles. The lowest BCUT2D eigenvalue weighted by molar-refractivity contribution is 0.425. The van der Waals surface area contributed by atoms with Gasteiger partial charge >= 0.3 is 7.12 Å². The molecule has 0 spiro atoms. The highest BCUT2D eigenvalue weighted by Crippen LogP contribution is 2.26. The van der Waals surface area contributed by atoms with Gasteiger partial charge in [0.2, 0.25) is 16.5 Å². The van der Waals surface area contributed by atoms with E-state index in [9.17, 15) is 5.11 Å². The monoisotopic (exact) mass is 1100 g/mol. The standard InChI is InChI=1S/C21H21N7O.C11H8ClN5.C10H14N2O.C6H7BO2.C5H4ClN5/c22-19-18-20(28(14-23-18)16-4-2-1-3-5-16)25-21(24-19)27-12-10-26(11-13-27)15-6-8-17(29)9-7-15;12-11-15-9(13)8-10(16-11)17(6-14-8)7-4-2-1-3-5-7;13-10-3-1-9(2-4-10)12-7-5-11-6-8-12;8-7(9)6-4-2-1-3-5-6;6-5-10-3(7)2-4(11-5)9-1-8-2/h1-9,14,29H,10-13H2,(H2,22,24,25);1-6H,(H2,13,15,16);1-4,11,13H,5-8H2;1-5,8-9H;1H,(H3,7,8,9,10,11). The smallest absolute Gasteiger partial charge is 0.488 e. The number of fused-ring (bicyclic) bond motifs is 3. The number of piperazine rings is 2. The Balaban J connectivity index is 0.000000129. The molecule has 2 fully saturated rings. The number of phenols is 2. The zero-order valence-electron chi connectivity index (χ0n) is 42.3. The van der Waals surface area contributed by atoms with E-state index in [0.717, 1.165) is 69.4 Å². The molecular weight excluding hydrogens is 1050 g/mol. The summed E-state index contributed by atoms with van der Waals surface area (Å²) in [5.74, 6) is 2.23. The number of nitrogens with zero attached hydrogens (tertiary/aromatic N) is 14. The van der Waals surface area contributed by atoms with Gasteiger partial charge in [0.1, 0.15) is 29.7 Å². The second kappa shape index (κ2) is 25.7. The number of benzene rings is 5. The molecule has 6 aromatic heterocycles. The van der Waals surface area contributed by atoms with Crippen molar-refractivity contribution in [2.45, 2.75) is 0 Å². The average Bonchev–Trinajstić information content (AvgIpc) is 4.26. The molecule has 402 valence electrons. The van der Waals surface area contributed by atoms with Gasteiger partial charge in [0.15, 0.2) is 45.4 Å². The van der Waals surface area contributed by atoms with Crippen molar-refractivity contribution in [1.29, 1.82) is 0 Å². The Bertz CT molecular complexity index is 3700. The molecule has 26 heteroatoms. The van der Waals surface area contributed by atoms with Crippen molar-refractivity contribution in [3.63, 3.8) is 0 Å². The largest absolute Gasteiger partial charge is 0.508 e. The number of halogens is 2. The van der Waals surface area contributed by atoms with Crippen LogP contribution in [0.5, 0.6) is 11.5 Å². The van der Waals surface area contributed by atoms with Crippen LogP contribution in [0.25, 0.3) is 44.9 Å². The van der Waals surface area contributed by atoms with Crippen molar-refractivity contribution in [2.24, 2.45) is 0 Å². The molecule has 0 radical (unpaired) electrons. The molecule has 0 bridgehead atoms. The number of imidazole rings is 3. The minimum atomic E-state index is -1.34. The quantitative estimate of drug-likeness (QED) is 0.0759. The second-order valence-electron chi connectivity index (χ2n) is 17.5. The lowest BCUT2D eigenvalue weighted by atomic mass is 9.81. The Hall–Kier alpha value is -9.33. The number of nitrogen functional groups attached to an aromatic ring is 3. The fourth-order valence-corrected chi connectivity index (χ4v) is 8.71. The topological polar surface area (TPSA) is 322 Å². The number of phenolic OH excluding ortho intramolecular Hbond substituents is 2. The van der Waals surface area contributed by atoms with Crippen LogP contribution in [0.4, 0.5) is 34.8 Å². The van der Waals surface area contributed by atoms with Gasteiger partial charge in [-0.05, 0) is 101 Å². The normalized spacial score (nSPS) is 13.0. The Labute approximate surface area is 462 Å². The molecule has 0 atom stereocenters. The van der Waals surface area contributed by atoms with Gasteiger partial charge in [0.05, 0.1) is 6.33 Å². The molecule has 2 saturated heterocycles. The van der Waals surface area contributed by atoms with Crippen molar-refractivity contribution in [3.8, 4) is 22.9 Å². The first kappa shape index (κ1) is 54.5. The van der Waals surface area contributed by atoms with E-state index < -0.39 is 7.12 Å². The molecule has 23 nitrogen and oxygen atoms in total. The molecule has 0 unspecified atom stereocenters. The number of aromatic nitrogens is 12.